The fourth-order valence-corrected chi connectivity index (χ4v) is 7.62. The molecule has 3 N–H and O–H groups in total. The van der Waals surface area contributed by atoms with Crippen LogP contribution in [0, 0.1) is 11.8 Å². The molecule has 1 aliphatic rings. The number of ketones is 1. The van der Waals surface area contributed by atoms with Gasteiger partial charge in [0.05, 0.1) is 40.0 Å². The Morgan fingerprint density at radius 2 is 1.35 bits per heavy atom. The fraction of sp³-hybridized carbons (Fsp3) is 0.700. The van der Waals surface area contributed by atoms with Gasteiger partial charge >= 0.3 is 19.8 Å². The molecule has 12 nitrogen and oxygen atoms in total. The van der Waals surface area contributed by atoms with Crippen molar-refractivity contribution in [2.24, 2.45) is 11.8 Å². The SMILES string of the molecule is CC/C=C\C/C=C\C/C=C\C/C=C\C/C=C\CCCCCC(=O)OC[C@H](COP(=O)(O)OCC[N+](C)(C)C)OC(=O)CCCCCC[C@H]1C(=O)C[C@@H](O)[C@@H]1/C=C/[C@@H](O)CCCCC. The van der Waals surface area contributed by atoms with Crippen molar-refractivity contribution in [2.75, 3.05) is 47.5 Å². The van der Waals surface area contributed by atoms with Crippen molar-refractivity contribution >= 4 is 25.5 Å². The van der Waals surface area contributed by atoms with Crippen LogP contribution in [0.2, 0.25) is 0 Å². The number of rotatable bonds is 38. The molecule has 13 heteroatoms. The van der Waals surface area contributed by atoms with E-state index in [4.69, 9.17) is 18.5 Å². The third-order valence-electron chi connectivity index (χ3n) is 10.6. The average molecular weight is 907 g/mol. The molecule has 0 saturated heterocycles. The molecule has 0 bridgehead atoms. The first-order valence-corrected chi connectivity index (χ1v) is 25.3. The van der Waals surface area contributed by atoms with Crippen LogP contribution in [0.1, 0.15) is 149 Å². The van der Waals surface area contributed by atoms with Gasteiger partial charge in [-0.3, -0.25) is 23.4 Å². The largest absolute Gasteiger partial charge is 0.472 e. The maximum atomic E-state index is 12.8. The summed E-state index contributed by atoms with van der Waals surface area (Å²) < 4.78 is 34.3. The number of phosphoric acid groups is 1. The summed E-state index contributed by atoms with van der Waals surface area (Å²) in [6, 6.07) is 0. The molecule has 0 aromatic heterocycles. The lowest BCUT2D eigenvalue weighted by atomic mass is 9.88. The van der Waals surface area contributed by atoms with Crippen molar-refractivity contribution in [3.8, 4) is 0 Å². The molecule has 360 valence electrons. The number of phosphoric ester groups is 1. The maximum Gasteiger partial charge on any atom is 0.472 e. The van der Waals surface area contributed by atoms with E-state index in [2.05, 4.69) is 74.6 Å². The van der Waals surface area contributed by atoms with E-state index in [1.54, 1.807) is 6.08 Å². The Kier molecular flexibility index (Phi) is 33.4. The van der Waals surface area contributed by atoms with E-state index in [0.29, 0.717) is 43.1 Å². The zero-order valence-corrected chi connectivity index (χ0v) is 40.4. The van der Waals surface area contributed by atoms with E-state index in [-0.39, 0.29) is 50.1 Å². The highest BCUT2D eigenvalue weighted by molar-refractivity contribution is 7.47. The van der Waals surface area contributed by atoms with Crippen LogP contribution in [0.4, 0.5) is 0 Å². The number of ether oxygens (including phenoxy) is 2. The van der Waals surface area contributed by atoms with Crippen LogP contribution in [-0.4, -0.2) is 103 Å². The highest BCUT2D eigenvalue weighted by Gasteiger charge is 2.39. The normalized spacial score (nSPS) is 19.4. The maximum absolute atomic E-state index is 12.8. The summed E-state index contributed by atoms with van der Waals surface area (Å²) in [5.74, 6) is -1.56. The van der Waals surface area contributed by atoms with Gasteiger partial charge < -0.3 is 29.1 Å². The lowest BCUT2D eigenvalue weighted by Crippen LogP contribution is -2.37. The van der Waals surface area contributed by atoms with Crippen molar-refractivity contribution in [3.05, 3.63) is 72.9 Å². The van der Waals surface area contributed by atoms with Crippen LogP contribution in [0.5, 0.6) is 0 Å². The van der Waals surface area contributed by atoms with Gasteiger partial charge in [-0.2, -0.15) is 0 Å². The number of quaternary nitrogens is 1. The summed E-state index contributed by atoms with van der Waals surface area (Å²) in [5, 5.41) is 20.8. The number of allylic oxidation sites excluding steroid dienone is 10. The Bertz CT molecular complexity index is 1460. The number of aliphatic hydroxyl groups excluding tert-OH is 2. The number of likely N-dealkylation sites (N-methyl/N-ethyl adjacent to an activating group) is 1. The smallest absolute Gasteiger partial charge is 0.462 e. The predicted octanol–water partition coefficient (Wildman–Crippen LogP) is 10.4. The molecule has 63 heavy (non-hydrogen) atoms. The Morgan fingerprint density at radius 1 is 0.762 bits per heavy atom. The van der Waals surface area contributed by atoms with Crippen LogP contribution in [0.3, 0.4) is 0 Å². The van der Waals surface area contributed by atoms with E-state index in [9.17, 15) is 34.1 Å². The van der Waals surface area contributed by atoms with Gasteiger partial charge in [0, 0.05) is 31.1 Å². The summed E-state index contributed by atoms with van der Waals surface area (Å²) in [5.41, 5.74) is 0. The van der Waals surface area contributed by atoms with Crippen molar-refractivity contribution < 1.29 is 57.1 Å². The Morgan fingerprint density at radius 3 is 1.97 bits per heavy atom. The van der Waals surface area contributed by atoms with Crippen LogP contribution in [0.15, 0.2) is 72.9 Å². The van der Waals surface area contributed by atoms with E-state index >= 15 is 0 Å². The molecule has 0 aromatic carbocycles. The highest BCUT2D eigenvalue weighted by Crippen LogP contribution is 2.43. The molecule has 6 atom stereocenters. The molecule has 1 saturated carbocycles. The fourth-order valence-electron chi connectivity index (χ4n) is 6.88. The molecule has 1 rings (SSSR count). The molecule has 0 heterocycles. The second kappa shape index (κ2) is 36.3. The van der Waals surface area contributed by atoms with Gasteiger partial charge in [-0.25, -0.2) is 4.57 Å². The molecule has 0 aromatic rings. The monoisotopic (exact) mass is 907 g/mol. The number of carbonyl (C=O) groups is 3. The Balaban J connectivity index is 2.47. The summed E-state index contributed by atoms with van der Waals surface area (Å²) in [6.07, 6.45) is 38.5. The minimum Gasteiger partial charge on any atom is -0.462 e. The highest BCUT2D eigenvalue weighted by atomic mass is 31.2. The van der Waals surface area contributed by atoms with Gasteiger partial charge in [-0.05, 0) is 70.6 Å². The van der Waals surface area contributed by atoms with Crippen LogP contribution in [-0.2, 0) is 37.5 Å². The molecule has 1 fully saturated rings. The van der Waals surface area contributed by atoms with Crippen molar-refractivity contribution in [1.82, 2.24) is 0 Å². The molecule has 0 radical (unpaired) electrons. The third-order valence-corrected chi connectivity index (χ3v) is 11.6. The summed E-state index contributed by atoms with van der Waals surface area (Å²) >= 11 is 0. The van der Waals surface area contributed by atoms with Crippen LogP contribution < -0.4 is 0 Å². The molecule has 1 aliphatic carbocycles. The van der Waals surface area contributed by atoms with Gasteiger partial charge in [0.15, 0.2) is 6.10 Å². The molecular weight excluding hydrogens is 822 g/mol. The van der Waals surface area contributed by atoms with Gasteiger partial charge in [0.25, 0.3) is 0 Å². The lowest BCUT2D eigenvalue weighted by Gasteiger charge is -2.24. The van der Waals surface area contributed by atoms with E-state index in [1.165, 1.54) is 0 Å². The third kappa shape index (κ3) is 33.2. The molecular formula is C50H85NO11P+. The number of nitrogens with zero attached hydrogens (tertiary/aromatic N) is 1. The average Bonchev–Trinajstić information content (AvgIpc) is 3.50. The Hall–Kier alpha value is -2.96. The second-order valence-corrected chi connectivity index (χ2v) is 19.0. The minimum atomic E-state index is -4.46. The van der Waals surface area contributed by atoms with Crippen LogP contribution >= 0.6 is 7.82 Å². The Labute approximate surface area is 380 Å². The van der Waals surface area contributed by atoms with E-state index in [1.807, 2.05) is 27.2 Å². The van der Waals surface area contributed by atoms with Gasteiger partial charge in [0.2, 0.25) is 0 Å². The van der Waals surface area contributed by atoms with E-state index in [0.717, 1.165) is 83.5 Å². The topological polar surface area (TPSA) is 166 Å². The summed E-state index contributed by atoms with van der Waals surface area (Å²) in [6.45, 7) is 3.87. The second-order valence-electron chi connectivity index (χ2n) is 17.5. The number of esters is 2. The summed E-state index contributed by atoms with van der Waals surface area (Å²) in [4.78, 5) is 48.3. The molecule has 0 amide bonds. The van der Waals surface area contributed by atoms with Crippen molar-refractivity contribution in [1.29, 1.82) is 0 Å². The molecule has 1 unspecified atom stereocenters. The number of Topliss-reactive ketones (excluding diaryl/α,β-unsaturated/α-hetero) is 1. The standard InChI is InChI=1S/C50H84NO11P/c1-6-8-10-11-12-13-14-15-16-17-18-19-20-21-22-23-24-25-30-34-49(55)59-41-44(42-61-63(57,58)60-39-38-51(3,4)5)62-50(56)35-31-27-26-29-33-45-46(48(54)40-47(45)53)37-36-43(52)32-28-9-7-2/h8,10,12-13,15-16,18-19,21-22,36-37,43-46,48,52,54H,6-7,9,11,14,17,20,23-35,38-42H2,1-5H3/p+1/b10-8-,13-12-,16-15-,19-18-,22-21-,37-36+/t43-,44+,45+,46+,48+/m0/s1. The lowest BCUT2D eigenvalue weighted by molar-refractivity contribution is -0.870. The zero-order valence-electron chi connectivity index (χ0n) is 39.5. The number of aliphatic hydroxyl groups is 2. The summed E-state index contributed by atoms with van der Waals surface area (Å²) in [7, 11) is 1.30. The van der Waals surface area contributed by atoms with E-state index < -0.39 is 44.7 Å². The quantitative estimate of drug-likeness (QED) is 0.0177. The van der Waals surface area contributed by atoms with Crippen molar-refractivity contribution in [3.63, 3.8) is 0 Å². The first-order valence-electron chi connectivity index (χ1n) is 23.8. The molecule has 0 spiro atoms. The number of hydrogen-bond acceptors (Lipinski definition) is 10. The van der Waals surface area contributed by atoms with Gasteiger partial charge in [0.1, 0.15) is 25.5 Å². The first-order chi connectivity index (χ1) is 30.2. The van der Waals surface area contributed by atoms with Gasteiger partial charge in [-0.15, -0.1) is 0 Å². The molecule has 0 aliphatic heterocycles. The van der Waals surface area contributed by atoms with Crippen molar-refractivity contribution in [2.45, 2.75) is 167 Å². The van der Waals surface area contributed by atoms with Gasteiger partial charge in [-0.1, -0.05) is 132 Å². The minimum absolute atomic E-state index is 0.0209. The van der Waals surface area contributed by atoms with Crippen LogP contribution in [0.25, 0.3) is 0 Å². The first kappa shape index (κ1) is 58.1. The number of unbranched alkanes of at least 4 members (excludes halogenated alkanes) is 8. The number of carbonyl (C=O) groups excluding carboxylic acids is 3. The zero-order chi connectivity index (χ0) is 46.6. The predicted molar refractivity (Wildman–Crippen MR) is 253 cm³/mol. The number of hydrogen-bond donors (Lipinski definition) is 3.